The summed E-state index contributed by atoms with van der Waals surface area (Å²) in [4.78, 5) is 10.9. The van der Waals surface area contributed by atoms with Crippen molar-refractivity contribution < 1.29 is 4.79 Å². The first-order valence-corrected chi connectivity index (χ1v) is 5.40. The summed E-state index contributed by atoms with van der Waals surface area (Å²) < 4.78 is 0. The Morgan fingerprint density at radius 3 is 2.64 bits per heavy atom. The molecule has 1 aliphatic carbocycles. The molecule has 0 N–H and O–H groups in total. The summed E-state index contributed by atoms with van der Waals surface area (Å²) in [6.45, 7) is 8.33. The summed E-state index contributed by atoms with van der Waals surface area (Å²) in [5.41, 5.74) is 2.83. The molecule has 0 aromatic rings. The summed E-state index contributed by atoms with van der Waals surface area (Å²) in [6, 6.07) is 0. The van der Waals surface area contributed by atoms with Crippen LogP contribution in [0, 0.1) is 11.8 Å². The van der Waals surface area contributed by atoms with Crippen LogP contribution in [0.15, 0.2) is 23.3 Å². The lowest BCUT2D eigenvalue weighted by Crippen LogP contribution is -2.16. The van der Waals surface area contributed by atoms with Crippen molar-refractivity contribution in [2.45, 2.75) is 40.5 Å². The van der Waals surface area contributed by atoms with Crippen LogP contribution in [0.3, 0.4) is 0 Å². The minimum Gasteiger partial charge on any atom is -0.295 e. The number of rotatable bonds is 2. The van der Waals surface area contributed by atoms with E-state index in [0.717, 1.165) is 5.92 Å². The van der Waals surface area contributed by atoms with Crippen molar-refractivity contribution in [2.75, 3.05) is 0 Å². The lowest BCUT2D eigenvalue weighted by molar-refractivity contribution is -0.112. The van der Waals surface area contributed by atoms with E-state index >= 15 is 0 Å². The van der Waals surface area contributed by atoms with Gasteiger partial charge in [0.25, 0.3) is 0 Å². The predicted molar refractivity (Wildman–Crippen MR) is 60.1 cm³/mol. The highest BCUT2D eigenvalue weighted by Gasteiger charge is 2.21. The summed E-state index contributed by atoms with van der Waals surface area (Å²) >= 11 is 0. The van der Waals surface area contributed by atoms with Gasteiger partial charge in [-0.15, -0.1) is 0 Å². The van der Waals surface area contributed by atoms with Crippen LogP contribution in [-0.4, -0.2) is 5.78 Å². The maximum Gasteiger partial charge on any atom is 0.152 e. The molecule has 0 spiro atoms. The van der Waals surface area contributed by atoms with Gasteiger partial charge >= 0.3 is 0 Å². The van der Waals surface area contributed by atoms with Gasteiger partial charge in [0, 0.05) is 0 Å². The Balaban J connectivity index is 2.87. The van der Waals surface area contributed by atoms with E-state index in [9.17, 15) is 4.79 Å². The molecule has 0 amide bonds. The van der Waals surface area contributed by atoms with Crippen molar-refractivity contribution in [3.05, 3.63) is 23.3 Å². The lowest BCUT2D eigenvalue weighted by Gasteiger charge is -2.28. The van der Waals surface area contributed by atoms with E-state index in [1.165, 1.54) is 24.0 Å². The second-order valence-corrected chi connectivity index (χ2v) is 4.48. The Hall–Kier alpha value is -0.850. The highest BCUT2D eigenvalue weighted by atomic mass is 16.1. The largest absolute Gasteiger partial charge is 0.295 e. The molecule has 0 unspecified atom stereocenters. The molecule has 0 heterocycles. The molecule has 0 radical (unpaired) electrons. The van der Waals surface area contributed by atoms with Crippen molar-refractivity contribution in [1.29, 1.82) is 0 Å². The fourth-order valence-electron chi connectivity index (χ4n) is 2.03. The molecule has 0 aromatic heterocycles. The van der Waals surface area contributed by atoms with Gasteiger partial charge in [-0.2, -0.15) is 0 Å². The van der Waals surface area contributed by atoms with E-state index < -0.39 is 0 Å². The van der Waals surface area contributed by atoms with Gasteiger partial charge in [0.1, 0.15) is 0 Å². The topological polar surface area (TPSA) is 17.1 Å². The predicted octanol–water partition coefficient (Wildman–Crippen LogP) is 3.51. The van der Waals surface area contributed by atoms with E-state index in [4.69, 9.17) is 0 Å². The first kappa shape index (κ1) is 11.2. The lowest BCUT2D eigenvalue weighted by atomic mass is 9.77. The standard InChI is InChI=1S/C13H20O/c1-9-5-6-10(2)13(12(9)4)8-7-11(3)14/h7-9,12H,5-6H2,1-4H3/b8-7+/t9-,12+/m0/s1. The van der Waals surface area contributed by atoms with Gasteiger partial charge in [-0.05, 0) is 50.2 Å². The van der Waals surface area contributed by atoms with E-state index in [2.05, 4.69) is 20.8 Å². The SMILES string of the molecule is CC(=O)/C=C/C1=C(C)CC[C@H](C)[C@H]1C. The zero-order valence-corrected chi connectivity index (χ0v) is 9.63. The van der Waals surface area contributed by atoms with Crippen LogP contribution >= 0.6 is 0 Å². The first-order chi connectivity index (χ1) is 6.52. The van der Waals surface area contributed by atoms with Gasteiger partial charge in [-0.1, -0.05) is 25.5 Å². The number of carbonyl (C=O) groups is 1. The minimum atomic E-state index is 0.135. The van der Waals surface area contributed by atoms with E-state index in [1.54, 1.807) is 13.0 Å². The highest BCUT2D eigenvalue weighted by Crippen LogP contribution is 2.34. The number of ketones is 1. The molecule has 78 valence electrons. The summed E-state index contributed by atoms with van der Waals surface area (Å²) in [6.07, 6.45) is 6.17. The molecule has 2 atom stereocenters. The molecular formula is C13H20O. The molecule has 1 heteroatoms. The molecule has 0 saturated heterocycles. The van der Waals surface area contributed by atoms with Crippen LogP contribution in [0.2, 0.25) is 0 Å². The van der Waals surface area contributed by atoms with Crippen LogP contribution in [0.4, 0.5) is 0 Å². The fraction of sp³-hybridized carbons (Fsp3) is 0.615. The van der Waals surface area contributed by atoms with Gasteiger partial charge in [0.2, 0.25) is 0 Å². The molecular weight excluding hydrogens is 172 g/mol. The van der Waals surface area contributed by atoms with Crippen LogP contribution in [0.25, 0.3) is 0 Å². The van der Waals surface area contributed by atoms with Crippen molar-refractivity contribution in [3.8, 4) is 0 Å². The van der Waals surface area contributed by atoms with Gasteiger partial charge in [-0.3, -0.25) is 4.79 Å². The smallest absolute Gasteiger partial charge is 0.152 e. The number of hydrogen-bond acceptors (Lipinski definition) is 1. The molecule has 0 fully saturated rings. The van der Waals surface area contributed by atoms with Gasteiger partial charge in [0.05, 0.1) is 0 Å². The van der Waals surface area contributed by atoms with E-state index in [-0.39, 0.29) is 5.78 Å². The van der Waals surface area contributed by atoms with Crippen LogP contribution in [0.5, 0.6) is 0 Å². The molecule has 0 saturated carbocycles. The third kappa shape index (κ3) is 2.57. The molecule has 0 bridgehead atoms. The summed E-state index contributed by atoms with van der Waals surface area (Å²) in [5.74, 6) is 1.47. The third-order valence-corrected chi connectivity index (χ3v) is 3.31. The molecule has 0 aliphatic heterocycles. The second-order valence-electron chi connectivity index (χ2n) is 4.48. The van der Waals surface area contributed by atoms with Crippen LogP contribution in [0.1, 0.15) is 40.5 Å². The Morgan fingerprint density at radius 1 is 1.43 bits per heavy atom. The maximum atomic E-state index is 10.9. The monoisotopic (exact) mass is 192 g/mol. The Bertz CT molecular complexity index is 284. The van der Waals surface area contributed by atoms with Crippen LogP contribution in [-0.2, 0) is 4.79 Å². The fourth-order valence-corrected chi connectivity index (χ4v) is 2.03. The molecule has 1 aliphatic rings. The Kier molecular flexibility index (Phi) is 3.68. The van der Waals surface area contributed by atoms with E-state index in [0.29, 0.717) is 5.92 Å². The Labute approximate surface area is 86.9 Å². The molecule has 1 rings (SSSR count). The number of hydrogen-bond donors (Lipinski definition) is 0. The van der Waals surface area contributed by atoms with E-state index in [1.807, 2.05) is 6.08 Å². The molecule has 1 nitrogen and oxygen atoms in total. The van der Waals surface area contributed by atoms with Crippen molar-refractivity contribution in [3.63, 3.8) is 0 Å². The van der Waals surface area contributed by atoms with Crippen molar-refractivity contribution in [2.24, 2.45) is 11.8 Å². The summed E-state index contributed by atoms with van der Waals surface area (Å²) in [7, 11) is 0. The Morgan fingerprint density at radius 2 is 2.07 bits per heavy atom. The minimum absolute atomic E-state index is 0.135. The third-order valence-electron chi connectivity index (χ3n) is 3.31. The van der Waals surface area contributed by atoms with Crippen molar-refractivity contribution >= 4 is 5.78 Å². The number of allylic oxidation sites excluding steroid dienone is 4. The average molecular weight is 192 g/mol. The van der Waals surface area contributed by atoms with Gasteiger partial charge < -0.3 is 0 Å². The average Bonchev–Trinajstić information content (AvgIpc) is 2.11. The summed E-state index contributed by atoms with van der Waals surface area (Å²) in [5, 5.41) is 0. The normalized spacial score (nSPS) is 28.6. The molecule has 0 aromatic carbocycles. The van der Waals surface area contributed by atoms with Gasteiger partial charge in [-0.25, -0.2) is 0 Å². The van der Waals surface area contributed by atoms with Crippen LogP contribution < -0.4 is 0 Å². The second kappa shape index (κ2) is 4.59. The number of carbonyl (C=O) groups excluding carboxylic acids is 1. The van der Waals surface area contributed by atoms with Gasteiger partial charge in [0.15, 0.2) is 5.78 Å². The zero-order chi connectivity index (χ0) is 10.7. The zero-order valence-electron chi connectivity index (χ0n) is 9.63. The first-order valence-electron chi connectivity index (χ1n) is 5.40. The maximum absolute atomic E-state index is 10.9. The molecule has 14 heavy (non-hydrogen) atoms. The van der Waals surface area contributed by atoms with Crippen molar-refractivity contribution in [1.82, 2.24) is 0 Å². The highest BCUT2D eigenvalue weighted by molar-refractivity contribution is 5.87. The quantitative estimate of drug-likeness (QED) is 0.612.